The average molecular weight is 463 g/mol. The summed E-state index contributed by atoms with van der Waals surface area (Å²) in [7, 11) is 2.91. The number of hydrogen-bond acceptors (Lipinski definition) is 8. The fourth-order valence-electron chi connectivity index (χ4n) is 5.34. The first-order valence-corrected chi connectivity index (χ1v) is 10.6. The van der Waals surface area contributed by atoms with Crippen molar-refractivity contribution in [2.24, 2.45) is 11.8 Å². The number of non-ortho nitro benzene ring substituents is 1. The highest BCUT2D eigenvalue weighted by atomic mass is 16.6. The number of benzene rings is 2. The third kappa shape index (κ3) is 2.91. The summed E-state index contributed by atoms with van der Waals surface area (Å²) in [5.41, 5.74) is 1.28. The van der Waals surface area contributed by atoms with Gasteiger partial charge in [-0.3, -0.25) is 24.5 Å². The van der Waals surface area contributed by atoms with Gasteiger partial charge in [-0.1, -0.05) is 12.2 Å². The molecule has 2 saturated heterocycles. The van der Waals surface area contributed by atoms with Gasteiger partial charge < -0.3 is 14.4 Å². The van der Waals surface area contributed by atoms with Crippen molar-refractivity contribution in [2.45, 2.75) is 19.0 Å². The van der Waals surface area contributed by atoms with Gasteiger partial charge in [-0.05, 0) is 31.2 Å². The van der Waals surface area contributed by atoms with E-state index in [-0.39, 0.29) is 22.9 Å². The molecule has 0 bridgehead atoms. The van der Waals surface area contributed by atoms with Crippen LogP contribution < -0.4 is 19.3 Å². The van der Waals surface area contributed by atoms with Crippen LogP contribution in [0, 0.1) is 22.0 Å². The number of ether oxygens (including phenoxy) is 2. The molecule has 0 unspecified atom stereocenters. The number of nitrogens with zero attached hydrogens (tertiary/aromatic N) is 3. The minimum atomic E-state index is -0.934. The van der Waals surface area contributed by atoms with Gasteiger partial charge in [-0.25, -0.2) is 4.90 Å². The van der Waals surface area contributed by atoms with E-state index in [1.54, 1.807) is 13.2 Å². The fourth-order valence-corrected chi connectivity index (χ4v) is 5.34. The molecule has 4 atom stereocenters. The molecule has 3 aliphatic heterocycles. The maximum absolute atomic E-state index is 13.7. The first-order valence-electron chi connectivity index (χ1n) is 10.6. The minimum absolute atomic E-state index is 0.000113. The van der Waals surface area contributed by atoms with Crippen LogP contribution in [0.15, 0.2) is 42.5 Å². The van der Waals surface area contributed by atoms with Crippen LogP contribution in [-0.2, 0) is 14.4 Å². The van der Waals surface area contributed by atoms with Crippen molar-refractivity contribution in [3.63, 3.8) is 0 Å². The molecule has 2 amide bonds. The molecule has 0 N–H and O–H groups in total. The Kier molecular flexibility index (Phi) is 4.89. The number of carbonyl (C=O) groups is 3. The van der Waals surface area contributed by atoms with Crippen molar-refractivity contribution in [1.82, 2.24) is 0 Å². The topological polar surface area (TPSA) is 119 Å². The number of nitro groups is 1. The average Bonchev–Trinajstić information content (AvgIpc) is 3.31. The summed E-state index contributed by atoms with van der Waals surface area (Å²) in [5, 5.41) is 11.3. The van der Waals surface area contributed by atoms with E-state index >= 15 is 0 Å². The van der Waals surface area contributed by atoms with Crippen LogP contribution in [0.5, 0.6) is 11.5 Å². The molecule has 0 radical (unpaired) electrons. The zero-order chi connectivity index (χ0) is 24.3. The van der Waals surface area contributed by atoms with E-state index < -0.39 is 40.7 Å². The second-order valence-corrected chi connectivity index (χ2v) is 8.41. The Hall–Kier alpha value is -4.21. The van der Waals surface area contributed by atoms with Crippen molar-refractivity contribution < 1.29 is 28.8 Å². The first kappa shape index (κ1) is 21.6. The monoisotopic (exact) mass is 463 g/mol. The Morgan fingerprint density at radius 1 is 1.00 bits per heavy atom. The van der Waals surface area contributed by atoms with Crippen molar-refractivity contribution >= 4 is 40.7 Å². The molecule has 3 aliphatic rings. The van der Waals surface area contributed by atoms with Crippen LogP contribution in [0.4, 0.5) is 17.1 Å². The summed E-state index contributed by atoms with van der Waals surface area (Å²) >= 11 is 0. The van der Waals surface area contributed by atoms with Crippen LogP contribution in [-0.4, -0.2) is 48.8 Å². The number of hydrogen-bond donors (Lipinski definition) is 0. The van der Waals surface area contributed by atoms with Gasteiger partial charge >= 0.3 is 0 Å². The molecule has 10 heteroatoms. The van der Waals surface area contributed by atoms with Crippen LogP contribution in [0.1, 0.15) is 12.5 Å². The molecule has 34 heavy (non-hydrogen) atoms. The first-order chi connectivity index (χ1) is 16.3. The van der Waals surface area contributed by atoms with Gasteiger partial charge in [-0.15, -0.1) is 0 Å². The Balaban J connectivity index is 1.62. The Labute approximate surface area is 194 Å². The standard InChI is InChI=1S/C24H21N3O7/c1-12(28)22-21-20(17-7-4-13-10-15(33-2)6-8-16(13)25(17)22)23(29)26(24(21)30)18-11-14(27(31)32)5-9-19(18)34-3/h4-11,17,20-22H,1-3H3/t17-,20-,21+,22+/m1/s1. The number of imide groups is 1. The largest absolute Gasteiger partial charge is 0.497 e. The molecule has 0 aromatic heterocycles. The van der Waals surface area contributed by atoms with E-state index in [2.05, 4.69) is 0 Å². The van der Waals surface area contributed by atoms with Gasteiger partial charge in [-0.2, -0.15) is 0 Å². The van der Waals surface area contributed by atoms with Gasteiger partial charge in [0.05, 0.1) is 37.0 Å². The lowest BCUT2D eigenvalue weighted by atomic mass is 9.88. The number of rotatable bonds is 5. The number of nitro benzene ring substituents is 1. The predicted molar refractivity (Wildman–Crippen MR) is 122 cm³/mol. The number of anilines is 2. The van der Waals surface area contributed by atoms with E-state index in [4.69, 9.17) is 9.47 Å². The summed E-state index contributed by atoms with van der Waals surface area (Å²) in [6, 6.07) is 7.77. The summed E-state index contributed by atoms with van der Waals surface area (Å²) in [6.07, 6.45) is 3.68. The van der Waals surface area contributed by atoms with Crippen LogP contribution in [0.3, 0.4) is 0 Å². The molecule has 10 nitrogen and oxygen atoms in total. The maximum atomic E-state index is 13.7. The van der Waals surface area contributed by atoms with Crippen molar-refractivity contribution in [2.75, 3.05) is 24.0 Å². The number of carbonyl (C=O) groups excluding carboxylic acids is 3. The van der Waals surface area contributed by atoms with Gasteiger partial charge in [0, 0.05) is 23.4 Å². The third-order valence-electron chi connectivity index (χ3n) is 6.74. The van der Waals surface area contributed by atoms with Gasteiger partial charge in [0.25, 0.3) is 5.69 Å². The Morgan fingerprint density at radius 2 is 1.74 bits per heavy atom. The zero-order valence-corrected chi connectivity index (χ0v) is 18.6. The lowest BCUT2D eigenvalue weighted by Crippen LogP contribution is -2.48. The van der Waals surface area contributed by atoms with Gasteiger partial charge in [0.2, 0.25) is 11.8 Å². The molecule has 0 saturated carbocycles. The highest BCUT2D eigenvalue weighted by Crippen LogP contribution is 2.50. The van der Waals surface area contributed by atoms with E-state index in [0.717, 1.165) is 22.2 Å². The Morgan fingerprint density at radius 3 is 2.38 bits per heavy atom. The van der Waals surface area contributed by atoms with Crippen LogP contribution in [0.2, 0.25) is 0 Å². The highest BCUT2D eigenvalue weighted by molar-refractivity contribution is 6.25. The van der Waals surface area contributed by atoms with E-state index in [1.165, 1.54) is 26.2 Å². The highest BCUT2D eigenvalue weighted by Gasteiger charge is 2.64. The maximum Gasteiger partial charge on any atom is 0.271 e. The quantitative estimate of drug-likeness (QED) is 0.377. The minimum Gasteiger partial charge on any atom is -0.497 e. The fraction of sp³-hybridized carbons (Fsp3) is 0.292. The molecule has 2 fully saturated rings. The van der Waals surface area contributed by atoms with Crippen LogP contribution in [0.25, 0.3) is 6.08 Å². The SMILES string of the molecule is COc1ccc2c(c1)C=C[C@@H]1[C@H]3C(=O)N(c4cc([N+](=O)[O-])ccc4OC)C(=O)[C@@H]3[C@H](C(C)=O)N21. The molecule has 0 spiro atoms. The van der Waals surface area contributed by atoms with Crippen molar-refractivity contribution in [1.29, 1.82) is 0 Å². The van der Waals surface area contributed by atoms with Crippen molar-refractivity contribution in [3.05, 3.63) is 58.2 Å². The number of ketones is 1. The summed E-state index contributed by atoms with van der Waals surface area (Å²) in [6.45, 7) is 1.40. The normalized spacial score (nSPS) is 24.6. The van der Waals surface area contributed by atoms with E-state index in [0.29, 0.717) is 5.75 Å². The number of fused-ring (bicyclic) bond motifs is 5. The third-order valence-corrected chi connectivity index (χ3v) is 6.74. The number of amides is 2. The molecule has 0 aliphatic carbocycles. The van der Waals surface area contributed by atoms with E-state index in [1.807, 2.05) is 29.2 Å². The number of methoxy groups -OCH3 is 2. The smallest absolute Gasteiger partial charge is 0.271 e. The lowest BCUT2D eigenvalue weighted by molar-refractivity contribution is -0.384. The zero-order valence-electron chi connectivity index (χ0n) is 18.6. The number of Topliss-reactive ketones (excluding diaryl/α,β-unsaturated/α-hetero) is 1. The Bertz CT molecular complexity index is 1290. The lowest BCUT2D eigenvalue weighted by Gasteiger charge is -2.36. The molecule has 2 aromatic carbocycles. The van der Waals surface area contributed by atoms with Gasteiger partial charge in [0.1, 0.15) is 23.2 Å². The van der Waals surface area contributed by atoms with Crippen LogP contribution >= 0.6 is 0 Å². The molecular formula is C24H21N3O7. The molecular weight excluding hydrogens is 442 g/mol. The van der Waals surface area contributed by atoms with Crippen molar-refractivity contribution in [3.8, 4) is 11.5 Å². The predicted octanol–water partition coefficient (Wildman–Crippen LogP) is 2.59. The second kappa shape index (κ2) is 7.68. The molecule has 2 aromatic rings. The molecule has 5 rings (SSSR count). The second-order valence-electron chi connectivity index (χ2n) is 8.41. The van der Waals surface area contributed by atoms with Gasteiger partial charge in [0.15, 0.2) is 5.78 Å². The molecule has 174 valence electrons. The summed E-state index contributed by atoms with van der Waals surface area (Å²) < 4.78 is 10.6. The van der Waals surface area contributed by atoms with E-state index in [9.17, 15) is 24.5 Å². The summed E-state index contributed by atoms with van der Waals surface area (Å²) in [5.74, 6) is -2.30. The summed E-state index contributed by atoms with van der Waals surface area (Å²) in [4.78, 5) is 53.7. The molecule has 3 heterocycles.